The normalized spacial score (nSPS) is 17.4. The molecule has 1 N–H and O–H groups in total. The lowest BCUT2D eigenvalue weighted by Crippen LogP contribution is -2.67. The van der Waals surface area contributed by atoms with E-state index in [0.29, 0.717) is 0 Å². The number of rotatable bonds is 0. The summed E-state index contributed by atoms with van der Waals surface area (Å²) in [4.78, 5) is 2.75. The zero-order valence-electron chi connectivity index (χ0n) is 3.08. The molecule has 0 saturated carbocycles. The Morgan fingerprint density at radius 3 is 2.40 bits per heavy atom. The van der Waals surface area contributed by atoms with Crippen LogP contribution in [-0.4, -0.2) is 6.21 Å². The fourth-order valence-corrected chi connectivity index (χ4v) is 0.217. The lowest BCUT2D eigenvalue weighted by atomic mass is 10.3. The summed E-state index contributed by atoms with van der Waals surface area (Å²) in [5.74, 6) is 0. The third-order valence-electron chi connectivity index (χ3n) is 0.558. The average Bonchev–Trinajstić information content (AvgIpc) is 1.30. The van der Waals surface area contributed by atoms with Crippen molar-refractivity contribution in [3.05, 3.63) is 11.8 Å². The zero-order chi connectivity index (χ0) is 3.70. The third-order valence-corrected chi connectivity index (χ3v) is 0.558. The minimum Gasteiger partial charge on any atom is -0.323 e. The van der Waals surface area contributed by atoms with Gasteiger partial charge in [0.2, 0.25) is 0 Å². The Hall–Kier alpha value is -0.590. The van der Waals surface area contributed by atoms with Gasteiger partial charge in [-0.05, 0) is 5.57 Å². The van der Waals surface area contributed by atoms with E-state index >= 15 is 0 Å². The first-order valence-corrected chi connectivity index (χ1v) is 1.58. The topological polar surface area (TPSA) is 14.0 Å². The van der Waals surface area contributed by atoms with Gasteiger partial charge in [0, 0.05) is 0 Å². The first-order valence-electron chi connectivity index (χ1n) is 1.58. The molecule has 5 heavy (non-hydrogen) atoms. The molecule has 0 aromatic carbocycles. The summed E-state index contributed by atoms with van der Waals surface area (Å²) in [6.07, 6.45) is 4.72. The van der Waals surface area contributed by atoms with Crippen molar-refractivity contribution in [2.45, 2.75) is 6.92 Å². The van der Waals surface area contributed by atoms with Gasteiger partial charge in [0.15, 0.2) is 0 Å². The molecule has 26 valence electrons. The van der Waals surface area contributed by atoms with Crippen LogP contribution in [0.25, 0.3) is 0 Å². The van der Waals surface area contributed by atoms with E-state index in [1.165, 1.54) is 5.57 Å². The molecule has 1 aliphatic rings. The van der Waals surface area contributed by atoms with Crippen molar-refractivity contribution in [1.82, 2.24) is 0 Å². The molecule has 1 rings (SSSR count). The Morgan fingerprint density at radius 1 is 2.00 bits per heavy atom. The quantitative estimate of drug-likeness (QED) is 0.347. The number of allylic oxidation sites excluding steroid dienone is 1. The maximum atomic E-state index is 2.82. The van der Waals surface area contributed by atoms with Gasteiger partial charge in [0.25, 0.3) is 0 Å². The van der Waals surface area contributed by atoms with E-state index in [-0.39, 0.29) is 0 Å². The predicted octanol–water partition coefficient (Wildman–Crippen LogP) is -1.07. The molecule has 0 atom stereocenters. The molecule has 1 aliphatic heterocycles. The molecule has 1 heteroatoms. The summed E-state index contributed by atoms with van der Waals surface area (Å²) in [6.45, 7) is 2.00. The summed E-state index contributed by atoms with van der Waals surface area (Å²) in [7, 11) is 0. The molecule has 0 bridgehead atoms. The summed E-state index contributed by atoms with van der Waals surface area (Å²) in [5, 5.41) is 0. The summed E-state index contributed by atoms with van der Waals surface area (Å²) < 4.78 is 0. The second-order valence-electron chi connectivity index (χ2n) is 1.10. The van der Waals surface area contributed by atoms with E-state index in [1.807, 2.05) is 13.1 Å². The highest BCUT2D eigenvalue weighted by Crippen LogP contribution is 1.78. The van der Waals surface area contributed by atoms with Crippen LogP contribution in [0.4, 0.5) is 0 Å². The van der Waals surface area contributed by atoms with E-state index in [9.17, 15) is 0 Å². The minimum atomic E-state index is 1.20. The first kappa shape index (κ1) is 2.64. The third kappa shape index (κ3) is 0.232. The van der Waals surface area contributed by atoms with Crippen molar-refractivity contribution >= 4 is 6.21 Å². The summed E-state index contributed by atoms with van der Waals surface area (Å²) in [6, 6.07) is 0. The van der Waals surface area contributed by atoms with Crippen LogP contribution in [0.2, 0.25) is 0 Å². The molecule has 1 heterocycles. The van der Waals surface area contributed by atoms with Crippen molar-refractivity contribution in [2.24, 2.45) is 0 Å². The van der Waals surface area contributed by atoms with Crippen molar-refractivity contribution in [3.63, 3.8) is 0 Å². The molecule has 0 aromatic heterocycles. The molecule has 0 radical (unpaired) electrons. The van der Waals surface area contributed by atoms with Gasteiger partial charge in [-0.1, -0.05) is 6.92 Å². The SMILES string of the molecule is CC1=C[NH+]=[C-]1. The predicted molar refractivity (Wildman–Crippen MR) is 19.7 cm³/mol. The smallest absolute Gasteiger partial charge is 0.120 e. The lowest BCUT2D eigenvalue weighted by Gasteiger charge is -1.91. The second-order valence-corrected chi connectivity index (χ2v) is 1.10. The Morgan fingerprint density at radius 2 is 2.40 bits per heavy atom. The van der Waals surface area contributed by atoms with Crippen LogP contribution >= 0.6 is 0 Å². The average molecular weight is 67.1 g/mol. The van der Waals surface area contributed by atoms with Crippen LogP contribution in [0, 0.1) is 0 Å². The zero-order valence-corrected chi connectivity index (χ0v) is 3.08. The first-order chi connectivity index (χ1) is 2.39. The van der Waals surface area contributed by atoms with Gasteiger partial charge in [0.1, 0.15) is 6.21 Å². The van der Waals surface area contributed by atoms with Gasteiger partial charge in [0.05, 0.1) is 6.20 Å². The van der Waals surface area contributed by atoms with E-state index in [4.69, 9.17) is 0 Å². The highest BCUT2D eigenvalue weighted by Gasteiger charge is 1.85. The molecule has 0 aromatic rings. The van der Waals surface area contributed by atoms with Crippen molar-refractivity contribution in [1.29, 1.82) is 0 Å². The van der Waals surface area contributed by atoms with Gasteiger partial charge in [-0.3, -0.25) is 0 Å². The Kier molecular flexibility index (Phi) is 0.357. The van der Waals surface area contributed by atoms with Gasteiger partial charge < -0.3 is 4.99 Å². The summed E-state index contributed by atoms with van der Waals surface area (Å²) in [5.41, 5.74) is 1.20. The van der Waals surface area contributed by atoms with Gasteiger partial charge in [-0.25, -0.2) is 0 Å². The largest absolute Gasteiger partial charge is 0.323 e. The molecule has 0 aliphatic carbocycles. The van der Waals surface area contributed by atoms with Crippen molar-refractivity contribution < 1.29 is 4.99 Å². The molecular formula is C4H5N. The Bertz CT molecular complexity index is 89.8. The molecule has 0 fully saturated rings. The maximum absolute atomic E-state index is 2.82. The van der Waals surface area contributed by atoms with Crippen LogP contribution in [0.3, 0.4) is 0 Å². The van der Waals surface area contributed by atoms with Crippen LogP contribution in [0.5, 0.6) is 0 Å². The van der Waals surface area contributed by atoms with Crippen molar-refractivity contribution in [2.75, 3.05) is 0 Å². The van der Waals surface area contributed by atoms with E-state index in [0.717, 1.165) is 0 Å². The Labute approximate surface area is 31.0 Å². The van der Waals surface area contributed by atoms with E-state index < -0.39 is 0 Å². The van der Waals surface area contributed by atoms with Crippen LogP contribution in [0.1, 0.15) is 6.92 Å². The maximum Gasteiger partial charge on any atom is 0.120 e. The molecule has 0 saturated heterocycles. The highest BCUT2D eigenvalue weighted by molar-refractivity contribution is 5.75. The summed E-state index contributed by atoms with van der Waals surface area (Å²) >= 11 is 0. The van der Waals surface area contributed by atoms with Crippen molar-refractivity contribution in [3.8, 4) is 0 Å². The fraction of sp³-hybridized carbons (Fsp3) is 0.250. The Balaban J connectivity index is 2.60. The molecule has 0 amide bonds. The van der Waals surface area contributed by atoms with Gasteiger partial charge in [-0.15, -0.1) is 0 Å². The van der Waals surface area contributed by atoms with Crippen LogP contribution in [0.15, 0.2) is 11.8 Å². The van der Waals surface area contributed by atoms with Gasteiger partial charge in [-0.2, -0.15) is 0 Å². The molecule has 1 nitrogen and oxygen atoms in total. The van der Waals surface area contributed by atoms with E-state index in [2.05, 4.69) is 11.2 Å². The minimum absolute atomic E-state index is 1.20. The van der Waals surface area contributed by atoms with E-state index in [1.54, 1.807) is 0 Å². The number of nitrogens with one attached hydrogen (secondary N) is 1. The van der Waals surface area contributed by atoms with Crippen LogP contribution in [-0.2, 0) is 0 Å². The fourth-order valence-electron chi connectivity index (χ4n) is 0.217. The molecule has 0 unspecified atom stereocenters. The standard InChI is InChI=1S/C4H5N/c1-4-2-5-3-4/h2,5H,1H3. The highest BCUT2D eigenvalue weighted by atomic mass is 14.7. The molecule has 0 spiro atoms. The number of hydrogen-bond acceptors (Lipinski definition) is 0. The second kappa shape index (κ2) is 0.677. The van der Waals surface area contributed by atoms with Gasteiger partial charge >= 0.3 is 0 Å². The lowest BCUT2D eigenvalue weighted by molar-refractivity contribution is -0.380. The monoisotopic (exact) mass is 67.0 g/mol. The van der Waals surface area contributed by atoms with Crippen LogP contribution < -0.4 is 4.99 Å². The number of hydrogen-bond donors (Lipinski definition) is 1. The molecular weight excluding hydrogens is 62.1 g/mol.